The Labute approximate surface area is 108 Å². The second-order valence-corrected chi connectivity index (χ2v) is 7.75. The minimum Gasteiger partial charge on any atom is -0.394 e. The van der Waals surface area contributed by atoms with E-state index in [2.05, 4.69) is 32.3 Å². The Bertz CT molecular complexity index is 204. The van der Waals surface area contributed by atoms with Gasteiger partial charge in [0.2, 0.25) is 0 Å². The zero-order valence-corrected chi connectivity index (χ0v) is 13.2. The van der Waals surface area contributed by atoms with E-state index in [0.29, 0.717) is 5.54 Å². The Morgan fingerprint density at radius 3 is 2.12 bits per heavy atom. The molecule has 0 N–H and O–H groups in total. The lowest BCUT2D eigenvalue weighted by Gasteiger charge is -2.33. The molecule has 0 aromatic heterocycles. The maximum atomic E-state index is 5.98. The molecule has 0 spiro atoms. The van der Waals surface area contributed by atoms with Crippen molar-refractivity contribution in [2.45, 2.75) is 59.0 Å². The van der Waals surface area contributed by atoms with Gasteiger partial charge in [-0.15, -0.1) is 0 Å². The largest absolute Gasteiger partial charge is 0.394 e. The van der Waals surface area contributed by atoms with Gasteiger partial charge in [-0.25, -0.2) is 0 Å². The molecule has 3 nitrogen and oxygen atoms in total. The first-order valence-electron chi connectivity index (χ1n) is 6.86. The highest BCUT2D eigenvalue weighted by Gasteiger charge is 2.39. The van der Waals surface area contributed by atoms with Gasteiger partial charge < -0.3 is 8.85 Å². The number of nitrogens with zero attached hydrogens (tertiary/aromatic N) is 1. The molecule has 0 rings (SSSR count). The highest BCUT2D eigenvalue weighted by Crippen LogP contribution is 2.32. The van der Waals surface area contributed by atoms with Crippen LogP contribution in [0.4, 0.5) is 0 Å². The minimum atomic E-state index is -2.02. The molecule has 4 heteroatoms. The Hall–Kier alpha value is -0.193. The van der Waals surface area contributed by atoms with Gasteiger partial charge in [0, 0.05) is 25.3 Å². The fraction of sp³-hybridized carbons (Fsp3) is 0.923. The van der Waals surface area contributed by atoms with E-state index in [-0.39, 0.29) is 0 Å². The zero-order chi connectivity index (χ0) is 13.1. The number of aliphatic imine (C=N–C) groups is 1. The highest BCUT2D eigenvalue weighted by molar-refractivity contribution is 6.67. The van der Waals surface area contributed by atoms with Crippen LogP contribution in [0.2, 0.25) is 12.1 Å². The summed E-state index contributed by atoms with van der Waals surface area (Å²) in [6, 6.07) is 0. The third kappa shape index (κ3) is 6.34. The average molecular weight is 259 g/mol. The monoisotopic (exact) mass is 259 g/mol. The third-order valence-corrected chi connectivity index (χ3v) is 6.81. The van der Waals surface area contributed by atoms with Gasteiger partial charge in [-0.05, 0) is 46.4 Å². The summed E-state index contributed by atoms with van der Waals surface area (Å²) in [5.41, 5.74) is 0.552. The molecule has 0 saturated carbocycles. The lowest BCUT2D eigenvalue weighted by Crippen LogP contribution is -2.44. The number of hydrogen-bond donors (Lipinski definition) is 0. The van der Waals surface area contributed by atoms with E-state index in [9.17, 15) is 0 Å². The second-order valence-electron chi connectivity index (χ2n) is 4.32. The molecule has 0 saturated heterocycles. The first-order valence-corrected chi connectivity index (χ1v) is 9.26. The van der Waals surface area contributed by atoms with Crippen LogP contribution in [0.25, 0.3) is 0 Å². The van der Waals surface area contributed by atoms with Crippen LogP contribution < -0.4 is 0 Å². The van der Waals surface area contributed by atoms with E-state index in [4.69, 9.17) is 8.85 Å². The SMILES string of the molecule is C/C=N/CCC(CCC)[Si](C)(OCC)OCC. The average Bonchev–Trinajstić information content (AvgIpc) is 2.29. The van der Waals surface area contributed by atoms with Crippen molar-refractivity contribution in [3.8, 4) is 0 Å². The first kappa shape index (κ1) is 16.8. The second kappa shape index (κ2) is 9.80. The van der Waals surface area contributed by atoms with Crippen molar-refractivity contribution in [3.63, 3.8) is 0 Å². The lowest BCUT2D eigenvalue weighted by atomic mass is 10.2. The molecular weight excluding hydrogens is 230 g/mol. The van der Waals surface area contributed by atoms with Crippen LogP contribution in [-0.4, -0.2) is 34.5 Å². The Morgan fingerprint density at radius 2 is 1.71 bits per heavy atom. The summed E-state index contributed by atoms with van der Waals surface area (Å²) in [7, 11) is -2.02. The molecule has 1 unspecified atom stereocenters. The Kier molecular flexibility index (Phi) is 9.69. The number of rotatable bonds is 10. The molecule has 0 aliphatic rings. The summed E-state index contributed by atoms with van der Waals surface area (Å²) in [4.78, 5) is 4.31. The lowest BCUT2D eigenvalue weighted by molar-refractivity contribution is 0.175. The van der Waals surface area contributed by atoms with E-state index in [1.54, 1.807) is 0 Å². The van der Waals surface area contributed by atoms with Crippen LogP contribution in [0, 0.1) is 0 Å². The number of hydrogen-bond acceptors (Lipinski definition) is 3. The predicted molar refractivity (Wildman–Crippen MR) is 77.2 cm³/mol. The quantitative estimate of drug-likeness (QED) is 0.441. The Balaban J connectivity index is 4.56. The van der Waals surface area contributed by atoms with Crippen LogP contribution in [0.5, 0.6) is 0 Å². The van der Waals surface area contributed by atoms with E-state index >= 15 is 0 Å². The normalized spacial score (nSPS) is 14.4. The van der Waals surface area contributed by atoms with Crippen molar-refractivity contribution in [3.05, 3.63) is 0 Å². The van der Waals surface area contributed by atoms with Gasteiger partial charge in [0.25, 0.3) is 0 Å². The zero-order valence-electron chi connectivity index (χ0n) is 12.2. The fourth-order valence-corrected chi connectivity index (χ4v) is 5.39. The van der Waals surface area contributed by atoms with Gasteiger partial charge >= 0.3 is 8.56 Å². The van der Waals surface area contributed by atoms with Gasteiger partial charge in [0.15, 0.2) is 0 Å². The van der Waals surface area contributed by atoms with Crippen molar-refractivity contribution in [2.75, 3.05) is 19.8 Å². The molecule has 0 amide bonds. The summed E-state index contributed by atoms with van der Waals surface area (Å²) in [5, 5.41) is 0. The van der Waals surface area contributed by atoms with Crippen molar-refractivity contribution < 1.29 is 8.85 Å². The van der Waals surface area contributed by atoms with Crippen LogP contribution in [0.15, 0.2) is 4.99 Å². The summed E-state index contributed by atoms with van der Waals surface area (Å²) in [5.74, 6) is 0. The summed E-state index contributed by atoms with van der Waals surface area (Å²) < 4.78 is 12.0. The summed E-state index contributed by atoms with van der Waals surface area (Å²) >= 11 is 0. The first-order chi connectivity index (χ1) is 8.14. The molecule has 0 radical (unpaired) electrons. The molecule has 0 fully saturated rings. The molecule has 17 heavy (non-hydrogen) atoms. The third-order valence-electron chi connectivity index (χ3n) is 3.03. The van der Waals surface area contributed by atoms with E-state index in [1.165, 1.54) is 12.8 Å². The van der Waals surface area contributed by atoms with Crippen LogP contribution in [0.3, 0.4) is 0 Å². The van der Waals surface area contributed by atoms with Crippen LogP contribution in [0.1, 0.15) is 47.0 Å². The van der Waals surface area contributed by atoms with E-state index in [1.807, 2.05) is 13.1 Å². The fourth-order valence-electron chi connectivity index (χ4n) is 2.23. The Morgan fingerprint density at radius 1 is 1.12 bits per heavy atom. The molecule has 0 heterocycles. The molecule has 102 valence electrons. The molecule has 1 atom stereocenters. The smallest absolute Gasteiger partial charge is 0.338 e. The van der Waals surface area contributed by atoms with Gasteiger partial charge in [-0.3, -0.25) is 4.99 Å². The molecule has 0 aliphatic carbocycles. The van der Waals surface area contributed by atoms with Crippen LogP contribution >= 0.6 is 0 Å². The van der Waals surface area contributed by atoms with Crippen LogP contribution in [-0.2, 0) is 8.85 Å². The molecule has 0 aromatic carbocycles. The van der Waals surface area contributed by atoms with Gasteiger partial charge in [0.05, 0.1) is 0 Å². The highest BCUT2D eigenvalue weighted by atomic mass is 28.4. The van der Waals surface area contributed by atoms with E-state index in [0.717, 1.165) is 26.2 Å². The molecule has 0 aromatic rings. The van der Waals surface area contributed by atoms with Crippen molar-refractivity contribution in [1.82, 2.24) is 0 Å². The minimum absolute atomic E-state index is 0.552. The topological polar surface area (TPSA) is 30.8 Å². The van der Waals surface area contributed by atoms with E-state index < -0.39 is 8.56 Å². The summed E-state index contributed by atoms with van der Waals surface area (Å²) in [6.45, 7) is 12.9. The van der Waals surface area contributed by atoms with Crippen molar-refractivity contribution in [2.24, 2.45) is 4.99 Å². The maximum Gasteiger partial charge on any atom is 0.338 e. The molecule has 0 bridgehead atoms. The van der Waals surface area contributed by atoms with Gasteiger partial charge in [-0.2, -0.15) is 0 Å². The van der Waals surface area contributed by atoms with Crippen molar-refractivity contribution >= 4 is 14.8 Å². The predicted octanol–water partition coefficient (Wildman–Crippen LogP) is 3.78. The summed E-state index contributed by atoms with van der Waals surface area (Å²) in [6.07, 6.45) is 5.33. The van der Waals surface area contributed by atoms with Crippen molar-refractivity contribution in [1.29, 1.82) is 0 Å². The van der Waals surface area contributed by atoms with Gasteiger partial charge in [0.1, 0.15) is 0 Å². The molecular formula is C13H29NO2Si. The van der Waals surface area contributed by atoms with Gasteiger partial charge in [-0.1, -0.05) is 13.3 Å². The standard InChI is InChI=1S/C13H29NO2Si/c1-6-10-13(11-12-14-7-2)17(5,15-8-3)16-9-4/h7,13H,6,8-12H2,1-5H3/b14-7+. The molecule has 0 aliphatic heterocycles. The maximum absolute atomic E-state index is 5.98.